The minimum atomic E-state index is 0.397. The number of imidazole rings is 1. The van der Waals surface area contributed by atoms with E-state index in [9.17, 15) is 0 Å². The molecule has 0 saturated carbocycles. The van der Waals surface area contributed by atoms with Gasteiger partial charge in [-0.15, -0.1) is 0 Å². The fraction of sp³-hybridized carbons (Fsp3) is 0.222. The van der Waals surface area contributed by atoms with Gasteiger partial charge in [-0.25, -0.2) is 4.98 Å². The van der Waals surface area contributed by atoms with Gasteiger partial charge in [-0.2, -0.15) is 5.26 Å². The number of aryl methyl sites for hydroxylation is 1. The molecule has 0 radical (unpaired) electrons. The highest BCUT2D eigenvalue weighted by Crippen LogP contribution is 2.20. The average molecular weight is 290 g/mol. The molecule has 2 N–H and O–H groups in total. The minimum Gasteiger partial charge on any atom is -0.324 e. The van der Waals surface area contributed by atoms with Gasteiger partial charge in [-0.1, -0.05) is 25.1 Å². The van der Waals surface area contributed by atoms with E-state index in [1.807, 2.05) is 24.3 Å². The molecule has 0 aliphatic heterocycles. The molecular weight excluding hydrogens is 272 g/mol. The Hall–Kier alpha value is -2.64. The summed E-state index contributed by atoms with van der Waals surface area (Å²) >= 11 is 0. The van der Waals surface area contributed by atoms with Crippen LogP contribution in [0.3, 0.4) is 0 Å². The molecule has 4 nitrogen and oxygen atoms in total. The van der Waals surface area contributed by atoms with Crippen molar-refractivity contribution in [1.82, 2.24) is 9.55 Å². The number of nitrogens with two attached hydrogens (primary N) is 1. The van der Waals surface area contributed by atoms with Crippen molar-refractivity contribution in [2.24, 2.45) is 5.73 Å². The van der Waals surface area contributed by atoms with Gasteiger partial charge in [0.2, 0.25) is 0 Å². The number of nitrogens with zero attached hydrogens (tertiary/aromatic N) is 3. The second-order valence-electron chi connectivity index (χ2n) is 5.31. The topological polar surface area (TPSA) is 67.6 Å². The summed E-state index contributed by atoms with van der Waals surface area (Å²) < 4.78 is 2.13. The van der Waals surface area contributed by atoms with Crippen LogP contribution in [0.1, 0.15) is 29.4 Å². The van der Waals surface area contributed by atoms with Crippen LogP contribution in [-0.4, -0.2) is 9.55 Å². The summed E-state index contributed by atoms with van der Waals surface area (Å²) in [6.45, 7) is 3.20. The summed E-state index contributed by atoms with van der Waals surface area (Å²) in [7, 11) is 0. The lowest BCUT2D eigenvalue weighted by Crippen LogP contribution is -2.09. The number of nitriles is 1. The molecule has 110 valence electrons. The Morgan fingerprint density at radius 3 is 2.77 bits per heavy atom. The largest absolute Gasteiger partial charge is 0.324 e. The fourth-order valence-corrected chi connectivity index (χ4v) is 2.70. The maximum Gasteiger partial charge on any atom is 0.123 e. The van der Waals surface area contributed by atoms with E-state index < -0.39 is 0 Å². The molecule has 0 aliphatic carbocycles. The van der Waals surface area contributed by atoms with Crippen LogP contribution in [0.4, 0.5) is 0 Å². The number of hydrogen-bond acceptors (Lipinski definition) is 3. The third-order valence-corrected chi connectivity index (χ3v) is 3.88. The van der Waals surface area contributed by atoms with Gasteiger partial charge in [0.05, 0.1) is 29.2 Å². The summed E-state index contributed by atoms with van der Waals surface area (Å²) in [5, 5.41) is 9.03. The predicted octanol–water partition coefficient (Wildman–Crippen LogP) is 2.98. The summed E-state index contributed by atoms with van der Waals surface area (Å²) in [5.74, 6) is 0.866. The molecular formula is C18H18N4. The summed E-state index contributed by atoms with van der Waals surface area (Å²) in [6.07, 6.45) is 0.991. The molecule has 2 aromatic carbocycles. The summed E-state index contributed by atoms with van der Waals surface area (Å²) in [4.78, 5) is 4.65. The zero-order valence-electron chi connectivity index (χ0n) is 12.6. The lowest BCUT2D eigenvalue weighted by Gasteiger charge is -2.09. The first-order chi connectivity index (χ1) is 10.7. The van der Waals surface area contributed by atoms with Gasteiger partial charge < -0.3 is 10.3 Å². The molecule has 1 heterocycles. The zero-order chi connectivity index (χ0) is 15.5. The van der Waals surface area contributed by atoms with E-state index in [4.69, 9.17) is 11.0 Å². The van der Waals surface area contributed by atoms with Crippen molar-refractivity contribution in [1.29, 1.82) is 5.26 Å². The third-order valence-electron chi connectivity index (χ3n) is 3.88. The molecule has 22 heavy (non-hydrogen) atoms. The zero-order valence-corrected chi connectivity index (χ0v) is 12.6. The van der Waals surface area contributed by atoms with Gasteiger partial charge in [-0.3, -0.25) is 0 Å². The Morgan fingerprint density at radius 2 is 2.05 bits per heavy atom. The minimum absolute atomic E-state index is 0.397. The molecule has 3 rings (SSSR count). The van der Waals surface area contributed by atoms with Crippen molar-refractivity contribution in [2.75, 3.05) is 0 Å². The molecule has 0 aliphatic rings. The Bertz CT molecular complexity index is 855. The molecule has 0 bridgehead atoms. The maximum absolute atomic E-state index is 9.03. The van der Waals surface area contributed by atoms with Crippen molar-refractivity contribution < 1.29 is 0 Å². The van der Waals surface area contributed by atoms with Crippen molar-refractivity contribution in [3.63, 3.8) is 0 Å². The summed E-state index contributed by atoms with van der Waals surface area (Å²) in [5.41, 5.74) is 10.9. The van der Waals surface area contributed by atoms with Crippen molar-refractivity contribution >= 4 is 11.0 Å². The highest BCUT2D eigenvalue weighted by Gasteiger charge is 2.10. The SMILES string of the molecule is CCc1ccc2c(c1)nc(CN)n2Cc1cccc(C#N)c1. The molecule has 0 saturated heterocycles. The molecule has 0 amide bonds. The van der Waals surface area contributed by atoms with Crippen LogP contribution in [0.2, 0.25) is 0 Å². The van der Waals surface area contributed by atoms with E-state index in [1.54, 1.807) is 0 Å². The van der Waals surface area contributed by atoms with Gasteiger partial charge in [0.15, 0.2) is 0 Å². The molecule has 1 aromatic heterocycles. The van der Waals surface area contributed by atoms with E-state index in [1.165, 1.54) is 5.56 Å². The Balaban J connectivity index is 2.07. The van der Waals surface area contributed by atoms with Crippen LogP contribution in [-0.2, 0) is 19.5 Å². The van der Waals surface area contributed by atoms with Crippen molar-refractivity contribution in [2.45, 2.75) is 26.4 Å². The average Bonchev–Trinajstić information content (AvgIpc) is 2.91. The van der Waals surface area contributed by atoms with Crippen LogP contribution in [0.5, 0.6) is 0 Å². The smallest absolute Gasteiger partial charge is 0.123 e. The van der Waals surface area contributed by atoms with Crippen LogP contribution < -0.4 is 5.73 Å². The molecule has 3 aromatic rings. The molecule has 0 spiro atoms. The van der Waals surface area contributed by atoms with Gasteiger partial charge in [0.1, 0.15) is 5.82 Å². The van der Waals surface area contributed by atoms with Crippen LogP contribution in [0.15, 0.2) is 42.5 Å². The second-order valence-corrected chi connectivity index (χ2v) is 5.31. The van der Waals surface area contributed by atoms with Gasteiger partial charge in [0, 0.05) is 6.54 Å². The highest BCUT2D eigenvalue weighted by molar-refractivity contribution is 5.77. The lowest BCUT2D eigenvalue weighted by molar-refractivity contribution is 0.744. The standard InChI is InChI=1S/C18H18N4/c1-2-13-6-7-17-16(9-13)21-18(11-20)22(17)12-15-5-3-4-14(8-15)10-19/h3-9H,2,11-12,20H2,1H3. The first kappa shape index (κ1) is 14.3. The highest BCUT2D eigenvalue weighted by atomic mass is 15.1. The number of hydrogen-bond donors (Lipinski definition) is 1. The van der Waals surface area contributed by atoms with Gasteiger partial charge in [-0.05, 0) is 41.8 Å². The van der Waals surface area contributed by atoms with Crippen molar-refractivity contribution in [3.8, 4) is 6.07 Å². The summed E-state index contributed by atoms with van der Waals surface area (Å²) in [6, 6.07) is 16.2. The number of fused-ring (bicyclic) bond motifs is 1. The monoisotopic (exact) mass is 290 g/mol. The van der Waals surface area contributed by atoms with E-state index >= 15 is 0 Å². The molecule has 0 unspecified atom stereocenters. The first-order valence-electron chi connectivity index (χ1n) is 7.42. The predicted molar refractivity (Wildman–Crippen MR) is 87.3 cm³/mol. The molecule has 4 heteroatoms. The second kappa shape index (κ2) is 6.00. The quantitative estimate of drug-likeness (QED) is 0.803. The number of benzene rings is 2. The van der Waals surface area contributed by atoms with E-state index in [0.717, 1.165) is 28.8 Å². The Kier molecular flexibility index (Phi) is 3.90. The first-order valence-corrected chi connectivity index (χ1v) is 7.42. The van der Waals surface area contributed by atoms with Crippen LogP contribution in [0.25, 0.3) is 11.0 Å². The normalized spacial score (nSPS) is 10.8. The van der Waals surface area contributed by atoms with Crippen LogP contribution >= 0.6 is 0 Å². The van der Waals surface area contributed by atoms with Gasteiger partial charge in [0.25, 0.3) is 0 Å². The maximum atomic E-state index is 9.03. The Labute approximate surface area is 129 Å². The van der Waals surface area contributed by atoms with E-state index in [2.05, 4.69) is 40.7 Å². The van der Waals surface area contributed by atoms with Gasteiger partial charge >= 0.3 is 0 Å². The molecule has 0 fully saturated rings. The van der Waals surface area contributed by atoms with Crippen molar-refractivity contribution in [3.05, 3.63) is 65.0 Å². The van der Waals surface area contributed by atoms with Crippen LogP contribution in [0, 0.1) is 11.3 Å². The fourth-order valence-electron chi connectivity index (χ4n) is 2.70. The third kappa shape index (κ3) is 2.59. The Morgan fingerprint density at radius 1 is 1.18 bits per heavy atom. The number of rotatable bonds is 4. The van der Waals surface area contributed by atoms with E-state index in [0.29, 0.717) is 18.7 Å². The molecule has 0 atom stereocenters. The van der Waals surface area contributed by atoms with E-state index in [-0.39, 0.29) is 0 Å². The number of aromatic nitrogens is 2. The lowest BCUT2D eigenvalue weighted by atomic mass is 10.1.